The summed E-state index contributed by atoms with van der Waals surface area (Å²) in [5.41, 5.74) is 5.90. The Morgan fingerprint density at radius 3 is 2.58 bits per heavy atom. The van der Waals surface area contributed by atoms with Gasteiger partial charge in [0, 0.05) is 17.6 Å². The van der Waals surface area contributed by atoms with Crippen LogP contribution in [0.2, 0.25) is 0 Å². The Morgan fingerprint density at radius 1 is 1.37 bits per heavy atom. The zero-order valence-electron chi connectivity index (χ0n) is 11.9. The number of carbonyl (C=O) groups excluding carboxylic acids is 1. The normalized spacial score (nSPS) is 11.0. The molecule has 0 saturated heterocycles. The highest BCUT2D eigenvalue weighted by Crippen LogP contribution is 2.27. The third-order valence-electron chi connectivity index (χ3n) is 2.43. The van der Waals surface area contributed by atoms with Crippen LogP contribution in [0.25, 0.3) is 0 Å². The molecule has 0 bridgehead atoms. The standard InChI is InChI=1S/C14H22N2O3/c1-5-19-11-7-6-10(8-12(11)18-4)13(17)16-9-14(2,3)15/h6-8H,5,9,15H2,1-4H3,(H,16,17). The van der Waals surface area contributed by atoms with Gasteiger partial charge >= 0.3 is 0 Å². The van der Waals surface area contributed by atoms with Gasteiger partial charge in [0.15, 0.2) is 11.5 Å². The van der Waals surface area contributed by atoms with E-state index in [2.05, 4.69) is 5.32 Å². The summed E-state index contributed by atoms with van der Waals surface area (Å²) in [6.07, 6.45) is 0. The molecule has 1 aromatic rings. The molecule has 0 saturated carbocycles. The summed E-state index contributed by atoms with van der Waals surface area (Å²) in [6, 6.07) is 5.08. The molecule has 1 aromatic carbocycles. The molecule has 19 heavy (non-hydrogen) atoms. The molecule has 1 amide bonds. The number of carbonyl (C=O) groups is 1. The number of benzene rings is 1. The van der Waals surface area contributed by atoms with E-state index < -0.39 is 5.54 Å². The van der Waals surface area contributed by atoms with Gasteiger partial charge in [0.25, 0.3) is 5.91 Å². The van der Waals surface area contributed by atoms with E-state index >= 15 is 0 Å². The van der Waals surface area contributed by atoms with Crippen LogP contribution in [0.1, 0.15) is 31.1 Å². The largest absolute Gasteiger partial charge is 0.493 e. The lowest BCUT2D eigenvalue weighted by atomic mass is 10.1. The second-order valence-corrected chi connectivity index (χ2v) is 4.97. The van der Waals surface area contributed by atoms with Crippen molar-refractivity contribution in [2.45, 2.75) is 26.3 Å². The smallest absolute Gasteiger partial charge is 0.251 e. The molecule has 0 fully saturated rings. The average molecular weight is 266 g/mol. The second kappa shape index (κ2) is 6.43. The molecule has 5 nitrogen and oxygen atoms in total. The molecule has 0 spiro atoms. The summed E-state index contributed by atoms with van der Waals surface area (Å²) >= 11 is 0. The van der Waals surface area contributed by atoms with Crippen LogP contribution in [-0.2, 0) is 0 Å². The number of methoxy groups -OCH3 is 1. The van der Waals surface area contributed by atoms with Gasteiger partial charge in [-0.3, -0.25) is 4.79 Å². The maximum atomic E-state index is 12.0. The quantitative estimate of drug-likeness (QED) is 0.819. The summed E-state index contributed by atoms with van der Waals surface area (Å²) in [4.78, 5) is 12.0. The Hall–Kier alpha value is -1.75. The number of amides is 1. The van der Waals surface area contributed by atoms with Crippen LogP contribution in [0.3, 0.4) is 0 Å². The highest BCUT2D eigenvalue weighted by molar-refractivity contribution is 5.94. The maximum absolute atomic E-state index is 12.0. The van der Waals surface area contributed by atoms with Gasteiger partial charge in [0.2, 0.25) is 0 Å². The van der Waals surface area contributed by atoms with Crippen LogP contribution in [-0.4, -0.2) is 31.7 Å². The summed E-state index contributed by atoms with van der Waals surface area (Å²) in [7, 11) is 1.54. The van der Waals surface area contributed by atoms with Crippen LogP contribution >= 0.6 is 0 Å². The molecule has 3 N–H and O–H groups in total. The molecule has 5 heteroatoms. The Balaban J connectivity index is 2.81. The van der Waals surface area contributed by atoms with Gasteiger partial charge in [-0.25, -0.2) is 0 Å². The number of nitrogens with two attached hydrogens (primary N) is 1. The lowest BCUT2D eigenvalue weighted by molar-refractivity contribution is 0.0945. The minimum atomic E-state index is -0.439. The molecule has 106 valence electrons. The van der Waals surface area contributed by atoms with Gasteiger partial charge in [-0.1, -0.05) is 0 Å². The van der Waals surface area contributed by atoms with Gasteiger partial charge in [-0.05, 0) is 39.0 Å². The van der Waals surface area contributed by atoms with Crippen molar-refractivity contribution >= 4 is 5.91 Å². The third-order valence-corrected chi connectivity index (χ3v) is 2.43. The lowest BCUT2D eigenvalue weighted by Crippen LogP contribution is -2.45. The Labute approximate surface area is 114 Å². The Bertz CT molecular complexity index is 439. The van der Waals surface area contributed by atoms with E-state index in [9.17, 15) is 4.79 Å². The van der Waals surface area contributed by atoms with Crippen molar-refractivity contribution in [1.82, 2.24) is 5.32 Å². The summed E-state index contributed by atoms with van der Waals surface area (Å²) in [5.74, 6) is 0.988. The first-order valence-electron chi connectivity index (χ1n) is 6.25. The van der Waals surface area contributed by atoms with E-state index in [0.717, 1.165) is 0 Å². The lowest BCUT2D eigenvalue weighted by Gasteiger charge is -2.19. The predicted octanol–water partition coefficient (Wildman–Crippen LogP) is 1.56. The van der Waals surface area contributed by atoms with E-state index in [1.165, 1.54) is 0 Å². The van der Waals surface area contributed by atoms with E-state index in [1.807, 2.05) is 20.8 Å². The first kappa shape index (κ1) is 15.3. The monoisotopic (exact) mass is 266 g/mol. The number of ether oxygens (including phenoxy) is 2. The molecular formula is C14H22N2O3. The number of hydrogen-bond donors (Lipinski definition) is 2. The van der Waals surface area contributed by atoms with Crippen molar-refractivity contribution in [2.24, 2.45) is 5.73 Å². The molecule has 0 heterocycles. The first-order chi connectivity index (χ1) is 8.87. The predicted molar refractivity (Wildman–Crippen MR) is 74.8 cm³/mol. The van der Waals surface area contributed by atoms with Crippen molar-refractivity contribution < 1.29 is 14.3 Å². The number of rotatable bonds is 6. The Kier molecular flexibility index (Phi) is 5.18. The zero-order valence-corrected chi connectivity index (χ0v) is 11.9. The van der Waals surface area contributed by atoms with Crippen molar-refractivity contribution in [3.63, 3.8) is 0 Å². The summed E-state index contributed by atoms with van der Waals surface area (Å²) < 4.78 is 10.6. The molecule has 0 unspecified atom stereocenters. The fourth-order valence-corrected chi connectivity index (χ4v) is 1.49. The van der Waals surface area contributed by atoms with Crippen LogP contribution in [0.5, 0.6) is 11.5 Å². The average Bonchev–Trinajstić information content (AvgIpc) is 2.36. The van der Waals surface area contributed by atoms with Crippen LogP contribution in [0.15, 0.2) is 18.2 Å². The third kappa shape index (κ3) is 4.79. The van der Waals surface area contributed by atoms with Crippen molar-refractivity contribution in [2.75, 3.05) is 20.3 Å². The summed E-state index contributed by atoms with van der Waals surface area (Å²) in [5, 5.41) is 2.78. The van der Waals surface area contributed by atoms with Gasteiger partial charge in [-0.15, -0.1) is 0 Å². The fraction of sp³-hybridized carbons (Fsp3) is 0.500. The molecule has 0 radical (unpaired) electrons. The van der Waals surface area contributed by atoms with E-state index in [1.54, 1.807) is 25.3 Å². The van der Waals surface area contributed by atoms with Gasteiger partial charge in [-0.2, -0.15) is 0 Å². The van der Waals surface area contributed by atoms with Crippen molar-refractivity contribution in [1.29, 1.82) is 0 Å². The molecular weight excluding hydrogens is 244 g/mol. The second-order valence-electron chi connectivity index (χ2n) is 4.97. The molecule has 0 atom stereocenters. The minimum Gasteiger partial charge on any atom is -0.493 e. The van der Waals surface area contributed by atoms with Gasteiger partial charge in [0.1, 0.15) is 0 Å². The molecule has 0 aromatic heterocycles. The maximum Gasteiger partial charge on any atom is 0.251 e. The van der Waals surface area contributed by atoms with Crippen molar-refractivity contribution in [3.05, 3.63) is 23.8 Å². The van der Waals surface area contributed by atoms with E-state index in [0.29, 0.717) is 30.2 Å². The highest BCUT2D eigenvalue weighted by atomic mass is 16.5. The zero-order chi connectivity index (χ0) is 14.5. The molecule has 0 aliphatic heterocycles. The van der Waals surface area contributed by atoms with Gasteiger partial charge in [0.05, 0.1) is 13.7 Å². The van der Waals surface area contributed by atoms with Gasteiger partial charge < -0.3 is 20.5 Å². The SMILES string of the molecule is CCOc1ccc(C(=O)NCC(C)(C)N)cc1OC. The summed E-state index contributed by atoms with van der Waals surface area (Å²) in [6.45, 7) is 6.55. The highest BCUT2D eigenvalue weighted by Gasteiger charge is 2.15. The molecule has 0 aliphatic carbocycles. The molecule has 1 rings (SSSR count). The fourth-order valence-electron chi connectivity index (χ4n) is 1.49. The number of hydrogen-bond acceptors (Lipinski definition) is 4. The van der Waals surface area contributed by atoms with E-state index in [-0.39, 0.29) is 5.91 Å². The number of nitrogens with one attached hydrogen (secondary N) is 1. The topological polar surface area (TPSA) is 73.6 Å². The van der Waals surface area contributed by atoms with Crippen molar-refractivity contribution in [3.8, 4) is 11.5 Å². The van der Waals surface area contributed by atoms with Crippen LogP contribution in [0.4, 0.5) is 0 Å². The first-order valence-corrected chi connectivity index (χ1v) is 6.25. The minimum absolute atomic E-state index is 0.181. The van der Waals surface area contributed by atoms with Crippen LogP contribution < -0.4 is 20.5 Å². The van der Waals surface area contributed by atoms with Crippen LogP contribution in [0, 0.1) is 0 Å². The Morgan fingerprint density at radius 2 is 2.05 bits per heavy atom. The van der Waals surface area contributed by atoms with E-state index in [4.69, 9.17) is 15.2 Å². The molecule has 0 aliphatic rings.